The summed E-state index contributed by atoms with van der Waals surface area (Å²) >= 11 is 0. The van der Waals surface area contributed by atoms with Crippen LogP contribution in [0.15, 0.2) is 59.8 Å². The van der Waals surface area contributed by atoms with Crippen molar-refractivity contribution in [2.75, 3.05) is 41.5 Å². The summed E-state index contributed by atoms with van der Waals surface area (Å²) in [6.45, 7) is 17.5. The van der Waals surface area contributed by atoms with E-state index in [1.54, 1.807) is 44.0 Å². The normalized spacial score (nSPS) is 18.6. The molecule has 1 aromatic heterocycles. The first-order valence-electron chi connectivity index (χ1n) is 22.9. The van der Waals surface area contributed by atoms with Gasteiger partial charge in [0.25, 0.3) is 0 Å². The van der Waals surface area contributed by atoms with Crippen molar-refractivity contribution in [3.05, 3.63) is 60.3 Å². The zero-order valence-corrected chi connectivity index (χ0v) is 42.4. The van der Waals surface area contributed by atoms with Gasteiger partial charge in [-0.15, -0.1) is 0 Å². The van der Waals surface area contributed by atoms with E-state index in [0.717, 1.165) is 11.4 Å². The molecule has 65 heavy (non-hydrogen) atoms. The number of nitrogens with one attached hydrogen (secondary N) is 2. The van der Waals surface area contributed by atoms with E-state index in [-0.39, 0.29) is 59.8 Å². The number of hydrogen-bond acceptors (Lipinski definition) is 12. The molecule has 1 fully saturated rings. The molecule has 11 atom stereocenters. The fourth-order valence-corrected chi connectivity index (χ4v) is 10.4. The molecule has 1 aliphatic rings. The smallest absolute Gasteiger partial charge is 0.410 e. The molecule has 5 amide bonds. The number of hydrogen-bond donors (Lipinski definition) is 3. The van der Waals surface area contributed by atoms with Gasteiger partial charge in [0, 0.05) is 46.3 Å². The Bertz CT molecular complexity index is 1800. The third-order valence-corrected chi connectivity index (χ3v) is 15.2. The summed E-state index contributed by atoms with van der Waals surface area (Å²) in [5, 5.41) is 17.6. The van der Waals surface area contributed by atoms with Crippen molar-refractivity contribution in [3.8, 4) is 0 Å². The molecule has 1 aliphatic heterocycles. The largest absolute Gasteiger partial charge is 0.448 e. The third kappa shape index (κ3) is 15.6. The molecular weight excluding hydrogens is 869 g/mol. The SMILES string of the molecule is CCC(C)C(C(CC(=O)N1CCC[C@@H]1C(OC)C(C)C(=O)NC(C)C(O)c1ccccc1)OC)N(C)C(=O)C(NC(=O)C(C(C)C)N(C)C(=O)OCC(C)SSc1ccccn1)C(C)C. The van der Waals surface area contributed by atoms with Crippen molar-refractivity contribution in [3.63, 3.8) is 0 Å². The van der Waals surface area contributed by atoms with Gasteiger partial charge in [-0.05, 0) is 72.9 Å². The van der Waals surface area contributed by atoms with Crippen LogP contribution in [0.2, 0.25) is 0 Å². The molecule has 364 valence electrons. The summed E-state index contributed by atoms with van der Waals surface area (Å²) in [5.74, 6) is -2.68. The summed E-state index contributed by atoms with van der Waals surface area (Å²) in [6, 6.07) is 11.4. The number of benzene rings is 1. The van der Waals surface area contributed by atoms with Gasteiger partial charge in [-0.2, -0.15) is 0 Å². The summed E-state index contributed by atoms with van der Waals surface area (Å²) in [5.41, 5.74) is 0.694. The van der Waals surface area contributed by atoms with E-state index < -0.39 is 60.4 Å². The van der Waals surface area contributed by atoms with Crippen molar-refractivity contribution in [1.82, 2.24) is 30.3 Å². The molecule has 0 bridgehead atoms. The number of carbonyl (C=O) groups is 5. The number of likely N-dealkylation sites (tertiary alicyclic amines) is 1. The van der Waals surface area contributed by atoms with Crippen LogP contribution in [0.4, 0.5) is 4.79 Å². The summed E-state index contributed by atoms with van der Waals surface area (Å²) < 4.78 is 17.6. The second kappa shape index (κ2) is 27.0. The fourth-order valence-electron chi connectivity index (χ4n) is 8.54. The second-order valence-corrected chi connectivity index (χ2v) is 20.7. The van der Waals surface area contributed by atoms with Crippen molar-refractivity contribution < 1.29 is 43.3 Å². The van der Waals surface area contributed by atoms with E-state index >= 15 is 0 Å². The first-order chi connectivity index (χ1) is 30.8. The minimum atomic E-state index is -0.951. The lowest BCUT2D eigenvalue weighted by Gasteiger charge is -2.41. The van der Waals surface area contributed by atoms with Crippen LogP contribution in [-0.2, 0) is 33.4 Å². The highest BCUT2D eigenvalue weighted by Gasteiger charge is 2.43. The zero-order valence-electron chi connectivity index (χ0n) is 40.8. The second-order valence-electron chi connectivity index (χ2n) is 18.0. The Morgan fingerprint density at radius 2 is 1.54 bits per heavy atom. The number of pyridine rings is 1. The number of aliphatic hydroxyl groups excluding tert-OH is 1. The lowest BCUT2D eigenvalue weighted by Crippen LogP contribution is -2.60. The molecule has 2 aromatic rings. The van der Waals surface area contributed by atoms with E-state index in [1.807, 2.05) is 97.0 Å². The molecule has 3 N–H and O–H groups in total. The van der Waals surface area contributed by atoms with Crippen molar-refractivity contribution in [2.24, 2.45) is 23.7 Å². The summed E-state index contributed by atoms with van der Waals surface area (Å²) in [7, 11) is 9.30. The molecule has 1 saturated heterocycles. The molecule has 0 radical (unpaired) electrons. The van der Waals surface area contributed by atoms with Crippen LogP contribution in [0, 0.1) is 23.7 Å². The number of amides is 5. The highest BCUT2D eigenvalue weighted by atomic mass is 33.1. The number of aliphatic hydroxyl groups is 1. The van der Waals surface area contributed by atoms with Gasteiger partial charge >= 0.3 is 6.09 Å². The number of carbonyl (C=O) groups excluding carboxylic acids is 5. The van der Waals surface area contributed by atoms with E-state index in [9.17, 15) is 29.1 Å². The van der Waals surface area contributed by atoms with Crippen molar-refractivity contribution in [2.45, 2.75) is 147 Å². The minimum absolute atomic E-state index is 0.0308. The van der Waals surface area contributed by atoms with Crippen LogP contribution >= 0.6 is 21.6 Å². The quantitative estimate of drug-likeness (QED) is 0.0910. The Morgan fingerprint density at radius 3 is 2.11 bits per heavy atom. The lowest BCUT2D eigenvalue weighted by atomic mass is 9.89. The van der Waals surface area contributed by atoms with Crippen molar-refractivity contribution in [1.29, 1.82) is 0 Å². The molecular formula is C48H76N6O9S2. The van der Waals surface area contributed by atoms with Gasteiger partial charge < -0.3 is 39.8 Å². The van der Waals surface area contributed by atoms with Gasteiger partial charge in [0.2, 0.25) is 23.6 Å². The first-order valence-corrected chi connectivity index (χ1v) is 25.1. The van der Waals surface area contributed by atoms with E-state index in [0.29, 0.717) is 24.9 Å². The molecule has 0 saturated carbocycles. The van der Waals surface area contributed by atoms with Crippen LogP contribution < -0.4 is 10.6 Å². The van der Waals surface area contributed by atoms with E-state index in [4.69, 9.17) is 14.2 Å². The summed E-state index contributed by atoms with van der Waals surface area (Å²) in [6.07, 6.45) is 0.862. The van der Waals surface area contributed by atoms with Crippen LogP contribution in [0.5, 0.6) is 0 Å². The molecule has 2 heterocycles. The van der Waals surface area contributed by atoms with Gasteiger partial charge in [-0.25, -0.2) is 9.78 Å². The van der Waals surface area contributed by atoms with Crippen LogP contribution in [0.3, 0.4) is 0 Å². The fraction of sp³-hybridized carbons (Fsp3) is 0.667. The highest BCUT2D eigenvalue weighted by molar-refractivity contribution is 8.76. The zero-order chi connectivity index (χ0) is 48.5. The molecule has 0 aliphatic carbocycles. The lowest BCUT2D eigenvalue weighted by molar-refractivity contribution is -0.148. The molecule has 0 spiro atoms. The third-order valence-electron chi connectivity index (χ3n) is 12.5. The molecule has 1 aromatic carbocycles. The van der Waals surface area contributed by atoms with Gasteiger partial charge in [-0.3, -0.25) is 24.1 Å². The number of nitrogens with zero attached hydrogens (tertiary/aromatic N) is 4. The monoisotopic (exact) mass is 945 g/mol. The summed E-state index contributed by atoms with van der Waals surface area (Å²) in [4.78, 5) is 78.8. The van der Waals surface area contributed by atoms with Crippen LogP contribution in [-0.4, -0.2) is 144 Å². The number of aromatic nitrogens is 1. The van der Waals surface area contributed by atoms with Gasteiger partial charge in [0.05, 0.1) is 48.8 Å². The van der Waals surface area contributed by atoms with Gasteiger partial charge in [0.1, 0.15) is 23.7 Å². The maximum absolute atomic E-state index is 14.6. The van der Waals surface area contributed by atoms with Gasteiger partial charge in [-0.1, -0.05) is 102 Å². The Morgan fingerprint density at radius 1 is 0.877 bits per heavy atom. The highest BCUT2D eigenvalue weighted by Crippen LogP contribution is 2.33. The average molecular weight is 945 g/mol. The number of methoxy groups -OCH3 is 2. The average Bonchev–Trinajstić information content (AvgIpc) is 3.78. The molecule has 15 nitrogen and oxygen atoms in total. The Hall–Kier alpha value is -3.90. The maximum atomic E-state index is 14.6. The van der Waals surface area contributed by atoms with Gasteiger partial charge in [0.15, 0.2) is 0 Å². The standard InChI is InChI=1S/C48H76N6O9S2/c1-14-31(6)42(37(61-12)27-39(55)54-26-20-23-36(54)44(62-13)33(8)45(57)50-34(9)43(56)35-21-16-15-17-22-35)52(10)47(59)40(29(2)3)51-46(58)41(30(4)5)53(11)48(60)63-28-32(7)64-65-38-24-18-19-25-49-38/h15-19,21-22,24-25,29-34,36-37,40-44,56H,14,20,23,26-28H2,1-13H3,(H,50,57)(H,51,58)/t31?,32?,33?,34?,36-,37?,40?,41?,42?,43?,44?/m1/s1. The molecule has 17 heteroatoms. The number of rotatable bonds is 25. The molecule has 10 unspecified atom stereocenters. The maximum Gasteiger partial charge on any atom is 0.410 e. The van der Waals surface area contributed by atoms with E-state index in [1.165, 1.54) is 40.6 Å². The minimum Gasteiger partial charge on any atom is -0.448 e. The first kappa shape index (κ1) is 55.4. The Kier molecular flexibility index (Phi) is 23.1. The number of likely N-dealkylation sites (N-methyl/N-ethyl adjacent to an activating group) is 2. The Balaban J connectivity index is 1.72. The Labute approximate surface area is 395 Å². The van der Waals surface area contributed by atoms with Crippen molar-refractivity contribution >= 4 is 51.3 Å². The topological polar surface area (TPSA) is 180 Å². The van der Waals surface area contributed by atoms with Crippen LogP contribution in [0.25, 0.3) is 0 Å². The predicted molar refractivity (Wildman–Crippen MR) is 257 cm³/mol. The van der Waals surface area contributed by atoms with Crippen LogP contribution in [0.1, 0.15) is 99.7 Å². The number of ether oxygens (including phenoxy) is 3. The van der Waals surface area contributed by atoms with E-state index in [2.05, 4.69) is 15.6 Å². The molecule has 3 rings (SSSR count). The predicted octanol–water partition coefficient (Wildman–Crippen LogP) is 6.60.